The first-order chi connectivity index (χ1) is 9.13. The minimum absolute atomic E-state index is 0.0813. The summed E-state index contributed by atoms with van der Waals surface area (Å²) in [6, 6.07) is 6.36. The summed E-state index contributed by atoms with van der Waals surface area (Å²) in [6.07, 6.45) is 4.49. The molecule has 104 valence electrons. The van der Waals surface area contributed by atoms with Gasteiger partial charge in [0.1, 0.15) is 0 Å². The van der Waals surface area contributed by atoms with Gasteiger partial charge in [-0.25, -0.2) is 0 Å². The first-order valence-electron chi connectivity index (χ1n) is 6.81. The highest BCUT2D eigenvalue weighted by Crippen LogP contribution is 2.34. The molecule has 1 saturated carbocycles. The molecule has 19 heavy (non-hydrogen) atoms. The summed E-state index contributed by atoms with van der Waals surface area (Å²) in [4.78, 5) is 13.7. The van der Waals surface area contributed by atoms with E-state index >= 15 is 0 Å². The summed E-state index contributed by atoms with van der Waals surface area (Å²) in [6.45, 7) is 2.66. The van der Waals surface area contributed by atoms with E-state index in [-0.39, 0.29) is 12.4 Å². The molecule has 1 aliphatic carbocycles. The van der Waals surface area contributed by atoms with E-state index in [0.717, 1.165) is 28.7 Å². The Morgan fingerprint density at radius 1 is 1.47 bits per heavy atom. The lowest BCUT2D eigenvalue weighted by molar-refractivity contribution is 0.101. The van der Waals surface area contributed by atoms with Gasteiger partial charge in [-0.15, -0.1) is 0 Å². The number of anilines is 1. The van der Waals surface area contributed by atoms with Crippen LogP contribution in [-0.4, -0.2) is 30.1 Å². The molecule has 0 aliphatic heterocycles. The van der Waals surface area contributed by atoms with Crippen LogP contribution in [0.5, 0.6) is 0 Å². The number of aliphatic hydroxyl groups excluding tert-OH is 1. The second kappa shape index (κ2) is 6.53. The molecule has 0 heterocycles. The van der Waals surface area contributed by atoms with Crippen LogP contribution in [0, 0.1) is 0 Å². The highest BCUT2D eigenvalue weighted by atomic mass is 79.9. The van der Waals surface area contributed by atoms with Gasteiger partial charge in [0.15, 0.2) is 5.78 Å². The number of ketones is 1. The molecule has 0 spiro atoms. The number of carbonyl (C=O) groups is 1. The maximum Gasteiger partial charge on any atom is 0.159 e. The third-order valence-corrected chi connectivity index (χ3v) is 4.37. The molecule has 0 atom stereocenters. The minimum Gasteiger partial charge on any atom is -0.396 e. The number of benzene rings is 1. The van der Waals surface area contributed by atoms with Crippen molar-refractivity contribution < 1.29 is 9.90 Å². The number of hydrogen-bond donors (Lipinski definition) is 1. The van der Waals surface area contributed by atoms with Gasteiger partial charge < -0.3 is 10.0 Å². The Morgan fingerprint density at radius 3 is 2.68 bits per heavy atom. The maximum atomic E-state index is 11.4. The van der Waals surface area contributed by atoms with Crippen molar-refractivity contribution >= 4 is 27.4 Å². The third-order valence-electron chi connectivity index (χ3n) is 3.74. The Morgan fingerprint density at radius 2 is 2.21 bits per heavy atom. The van der Waals surface area contributed by atoms with Gasteiger partial charge in [0.25, 0.3) is 0 Å². The Kier molecular flexibility index (Phi) is 4.99. The van der Waals surface area contributed by atoms with Crippen LogP contribution < -0.4 is 4.90 Å². The second-order valence-electron chi connectivity index (χ2n) is 5.08. The predicted molar refractivity (Wildman–Crippen MR) is 80.8 cm³/mol. The van der Waals surface area contributed by atoms with Gasteiger partial charge in [-0.2, -0.15) is 0 Å². The van der Waals surface area contributed by atoms with E-state index in [9.17, 15) is 4.79 Å². The molecule has 1 aromatic carbocycles. The molecule has 0 aromatic heterocycles. The zero-order valence-corrected chi connectivity index (χ0v) is 12.8. The molecule has 0 unspecified atom stereocenters. The van der Waals surface area contributed by atoms with Crippen LogP contribution in [0.25, 0.3) is 0 Å². The summed E-state index contributed by atoms with van der Waals surface area (Å²) in [5.74, 6) is 0.0813. The lowest BCUT2D eigenvalue weighted by atomic mass is 9.90. The average Bonchev–Trinajstić information content (AvgIpc) is 2.32. The molecule has 0 radical (unpaired) electrons. The molecule has 1 aliphatic rings. The predicted octanol–water partition coefficient (Wildman–Crippen LogP) is 3.39. The van der Waals surface area contributed by atoms with E-state index in [1.165, 1.54) is 19.3 Å². The molecule has 1 aromatic rings. The average molecular weight is 326 g/mol. The van der Waals surface area contributed by atoms with E-state index in [1.807, 2.05) is 18.2 Å². The number of Topliss-reactive ketones (excluding diaryl/α,β-unsaturated/α-hetero) is 1. The Bertz CT molecular complexity index is 457. The second-order valence-corrected chi connectivity index (χ2v) is 5.93. The fraction of sp³-hybridized carbons (Fsp3) is 0.533. The SMILES string of the molecule is CC(=O)c1ccc(N(CCCO)C2CCC2)c(Br)c1. The van der Waals surface area contributed by atoms with Crippen LogP contribution in [0.15, 0.2) is 22.7 Å². The van der Waals surface area contributed by atoms with Gasteiger partial charge in [-0.3, -0.25) is 4.79 Å². The van der Waals surface area contributed by atoms with Crippen molar-refractivity contribution in [1.29, 1.82) is 0 Å². The van der Waals surface area contributed by atoms with Crippen LogP contribution >= 0.6 is 15.9 Å². The first kappa shape index (κ1) is 14.5. The molecular weight excluding hydrogens is 306 g/mol. The van der Waals surface area contributed by atoms with Crippen molar-refractivity contribution in [1.82, 2.24) is 0 Å². The standard InChI is InChI=1S/C15H20BrNO2/c1-11(19)12-6-7-15(14(16)10-12)17(8-3-9-18)13-4-2-5-13/h6-7,10,13,18H,2-5,8-9H2,1H3. The number of aliphatic hydroxyl groups is 1. The lowest BCUT2D eigenvalue weighted by Gasteiger charge is -2.40. The molecule has 0 bridgehead atoms. The number of nitrogens with zero attached hydrogens (tertiary/aromatic N) is 1. The Labute approximate surface area is 122 Å². The highest BCUT2D eigenvalue weighted by Gasteiger charge is 2.26. The zero-order valence-electron chi connectivity index (χ0n) is 11.2. The summed E-state index contributed by atoms with van der Waals surface area (Å²) in [5, 5.41) is 9.04. The topological polar surface area (TPSA) is 40.5 Å². The molecule has 1 fully saturated rings. The number of halogens is 1. The van der Waals surface area contributed by atoms with Crippen molar-refractivity contribution in [2.24, 2.45) is 0 Å². The molecule has 3 nitrogen and oxygen atoms in total. The van der Waals surface area contributed by atoms with Crippen molar-refractivity contribution in [2.45, 2.75) is 38.6 Å². The molecule has 1 N–H and O–H groups in total. The molecule has 0 amide bonds. The normalized spacial score (nSPS) is 15.1. The van der Waals surface area contributed by atoms with Crippen molar-refractivity contribution in [3.63, 3.8) is 0 Å². The van der Waals surface area contributed by atoms with Crippen LogP contribution in [0.1, 0.15) is 43.0 Å². The number of rotatable bonds is 6. The fourth-order valence-electron chi connectivity index (χ4n) is 2.40. The van der Waals surface area contributed by atoms with E-state index in [4.69, 9.17) is 5.11 Å². The Balaban J connectivity index is 2.22. The van der Waals surface area contributed by atoms with E-state index in [2.05, 4.69) is 20.8 Å². The van der Waals surface area contributed by atoms with Gasteiger partial charge in [0.2, 0.25) is 0 Å². The Hall–Kier alpha value is -0.870. The summed E-state index contributed by atoms with van der Waals surface area (Å²) >= 11 is 3.57. The van der Waals surface area contributed by atoms with Crippen LogP contribution in [0.4, 0.5) is 5.69 Å². The van der Waals surface area contributed by atoms with Gasteiger partial charge in [-0.1, -0.05) is 0 Å². The smallest absolute Gasteiger partial charge is 0.159 e. The van der Waals surface area contributed by atoms with Crippen LogP contribution in [0.3, 0.4) is 0 Å². The van der Waals surface area contributed by atoms with E-state index in [1.54, 1.807) is 6.92 Å². The van der Waals surface area contributed by atoms with Crippen molar-refractivity contribution in [2.75, 3.05) is 18.1 Å². The highest BCUT2D eigenvalue weighted by molar-refractivity contribution is 9.10. The number of carbonyl (C=O) groups excluding carboxylic acids is 1. The van der Waals surface area contributed by atoms with E-state index in [0.29, 0.717) is 6.04 Å². The van der Waals surface area contributed by atoms with Gasteiger partial charge in [0, 0.05) is 29.2 Å². The monoisotopic (exact) mass is 325 g/mol. The maximum absolute atomic E-state index is 11.4. The molecule has 0 saturated heterocycles. The summed E-state index contributed by atoms with van der Waals surface area (Å²) in [5.41, 5.74) is 1.86. The lowest BCUT2D eigenvalue weighted by Crippen LogP contribution is -2.41. The molecule has 2 rings (SSSR count). The zero-order chi connectivity index (χ0) is 13.8. The first-order valence-corrected chi connectivity index (χ1v) is 7.60. The van der Waals surface area contributed by atoms with Gasteiger partial charge >= 0.3 is 0 Å². The number of hydrogen-bond acceptors (Lipinski definition) is 3. The van der Waals surface area contributed by atoms with Crippen molar-refractivity contribution in [3.8, 4) is 0 Å². The third kappa shape index (κ3) is 3.37. The molecule has 4 heteroatoms. The fourth-order valence-corrected chi connectivity index (χ4v) is 3.00. The van der Waals surface area contributed by atoms with Gasteiger partial charge in [-0.05, 0) is 66.7 Å². The minimum atomic E-state index is 0.0813. The summed E-state index contributed by atoms with van der Waals surface area (Å²) < 4.78 is 0.963. The van der Waals surface area contributed by atoms with Crippen LogP contribution in [-0.2, 0) is 0 Å². The van der Waals surface area contributed by atoms with Crippen molar-refractivity contribution in [3.05, 3.63) is 28.2 Å². The summed E-state index contributed by atoms with van der Waals surface area (Å²) in [7, 11) is 0. The largest absolute Gasteiger partial charge is 0.396 e. The quantitative estimate of drug-likeness (QED) is 0.815. The van der Waals surface area contributed by atoms with E-state index < -0.39 is 0 Å². The molecular formula is C15H20BrNO2. The van der Waals surface area contributed by atoms with Crippen LogP contribution in [0.2, 0.25) is 0 Å². The van der Waals surface area contributed by atoms with Gasteiger partial charge in [0.05, 0.1) is 5.69 Å².